The number of primary amides is 1. The minimum absolute atomic E-state index is 0.00737. The molecule has 190 valence electrons. The first kappa shape index (κ1) is 24.7. The average Bonchev–Trinajstić information content (AvgIpc) is 2.81. The van der Waals surface area contributed by atoms with Crippen molar-refractivity contribution >= 4 is 17.5 Å². The zero-order chi connectivity index (χ0) is 25.8. The zero-order valence-electron chi connectivity index (χ0n) is 22.5. The van der Waals surface area contributed by atoms with Crippen LogP contribution in [0.3, 0.4) is 0 Å². The fourth-order valence-corrected chi connectivity index (χ4v) is 9.01. The summed E-state index contributed by atoms with van der Waals surface area (Å²) in [5.41, 5.74) is 7.16. The fraction of sp³-hybridized carbons (Fsp3) is 0.700. The normalized spacial score (nSPS) is 49.0. The maximum absolute atomic E-state index is 12.8. The van der Waals surface area contributed by atoms with Crippen LogP contribution in [-0.2, 0) is 19.1 Å². The standard InChI is InChI=1S/C30H41NO4/c1-25-10-11-26(2,24(31)34)17-22(25)29(5)15-13-27(3)19-16-20(32)23(33)30(6,35-7)18(19)8-9-21(27)28(29,4)14-12-25/h8-9,16,22H,10-15,17H2,1-7H3,(H2,31,34)/t22-,25-,26-,27+,28-,29+,30+/m1/s1. The summed E-state index contributed by atoms with van der Waals surface area (Å²) in [4.78, 5) is 38.2. The number of amides is 1. The lowest BCUT2D eigenvalue weighted by atomic mass is 9.34. The quantitative estimate of drug-likeness (QED) is 0.549. The van der Waals surface area contributed by atoms with Gasteiger partial charge >= 0.3 is 0 Å². The molecule has 0 unspecified atom stereocenters. The number of ether oxygens (including phenoxy) is 1. The van der Waals surface area contributed by atoms with Crippen molar-refractivity contribution in [2.24, 2.45) is 38.7 Å². The van der Waals surface area contributed by atoms with Gasteiger partial charge in [-0.2, -0.15) is 0 Å². The molecular formula is C30H41NO4. The number of methoxy groups -OCH3 is 1. The number of hydrogen-bond donors (Lipinski definition) is 1. The molecule has 5 aliphatic rings. The van der Waals surface area contributed by atoms with Gasteiger partial charge in [0.05, 0.1) is 0 Å². The molecule has 0 bridgehead atoms. The second kappa shape index (κ2) is 7.06. The van der Waals surface area contributed by atoms with Crippen molar-refractivity contribution < 1.29 is 19.1 Å². The van der Waals surface area contributed by atoms with Gasteiger partial charge in [0.1, 0.15) is 0 Å². The number of fused-ring (bicyclic) bond motifs is 7. The molecule has 35 heavy (non-hydrogen) atoms. The van der Waals surface area contributed by atoms with Crippen LogP contribution >= 0.6 is 0 Å². The second-order valence-corrected chi connectivity index (χ2v) is 13.6. The van der Waals surface area contributed by atoms with Crippen molar-refractivity contribution in [3.8, 4) is 0 Å². The Bertz CT molecular complexity index is 1150. The summed E-state index contributed by atoms with van der Waals surface area (Å²) in [6.45, 7) is 13.3. The molecule has 0 aromatic rings. The first-order chi connectivity index (χ1) is 16.1. The van der Waals surface area contributed by atoms with Crippen LogP contribution in [0.2, 0.25) is 0 Å². The summed E-state index contributed by atoms with van der Waals surface area (Å²) in [6.07, 6.45) is 12.7. The van der Waals surface area contributed by atoms with E-state index in [4.69, 9.17) is 10.5 Å². The number of Topliss-reactive ketones (excluding diaryl/α,β-unsaturated/α-hetero) is 1. The Balaban J connectivity index is 1.66. The Morgan fingerprint density at radius 2 is 1.57 bits per heavy atom. The number of nitrogens with two attached hydrogens (primary N) is 1. The van der Waals surface area contributed by atoms with E-state index in [0.29, 0.717) is 5.92 Å². The maximum atomic E-state index is 12.8. The van der Waals surface area contributed by atoms with E-state index in [-0.39, 0.29) is 27.6 Å². The van der Waals surface area contributed by atoms with Crippen molar-refractivity contribution in [2.45, 2.75) is 92.1 Å². The van der Waals surface area contributed by atoms with E-state index in [1.807, 2.05) is 6.08 Å². The SMILES string of the molecule is CO[C@]1(C)C(=O)C(=O)C=C2C1=CC=C1[C@@]2(C)CC[C@@]2(C)[C@@H]3C[C@](C)(C(N)=O)CC[C@]3(C)CC[C@]12C. The fourth-order valence-electron chi connectivity index (χ4n) is 9.01. The third kappa shape index (κ3) is 2.82. The Labute approximate surface area is 209 Å². The molecule has 3 fully saturated rings. The molecular weight excluding hydrogens is 438 g/mol. The zero-order valence-corrected chi connectivity index (χ0v) is 22.5. The third-order valence-electron chi connectivity index (χ3n) is 12.1. The molecule has 0 aromatic carbocycles. The van der Waals surface area contributed by atoms with Gasteiger partial charge in [0.15, 0.2) is 5.60 Å². The number of rotatable bonds is 2. The Hall–Kier alpha value is -2.01. The maximum Gasteiger partial charge on any atom is 0.238 e. The van der Waals surface area contributed by atoms with Crippen molar-refractivity contribution in [1.82, 2.24) is 0 Å². The lowest BCUT2D eigenvalue weighted by Crippen LogP contribution is -2.63. The van der Waals surface area contributed by atoms with E-state index in [2.05, 4.69) is 40.7 Å². The smallest absolute Gasteiger partial charge is 0.238 e. The minimum Gasteiger partial charge on any atom is -0.369 e. The molecule has 7 atom stereocenters. The molecule has 0 aromatic heterocycles. The molecule has 5 aliphatic carbocycles. The van der Waals surface area contributed by atoms with Gasteiger partial charge < -0.3 is 10.5 Å². The van der Waals surface area contributed by atoms with Crippen molar-refractivity contribution in [2.75, 3.05) is 7.11 Å². The van der Waals surface area contributed by atoms with E-state index < -0.39 is 22.6 Å². The Morgan fingerprint density at radius 1 is 0.914 bits per heavy atom. The summed E-state index contributed by atoms with van der Waals surface area (Å²) in [7, 11) is 1.51. The highest BCUT2D eigenvalue weighted by molar-refractivity contribution is 6.46. The lowest BCUT2D eigenvalue weighted by Gasteiger charge is -2.70. The Kier molecular flexibility index (Phi) is 4.97. The van der Waals surface area contributed by atoms with Gasteiger partial charge in [-0.05, 0) is 91.3 Å². The van der Waals surface area contributed by atoms with E-state index >= 15 is 0 Å². The number of carbonyl (C=O) groups is 3. The number of carbonyl (C=O) groups excluding carboxylic acids is 3. The van der Waals surface area contributed by atoms with Crippen LogP contribution in [0.4, 0.5) is 0 Å². The van der Waals surface area contributed by atoms with Crippen LogP contribution < -0.4 is 5.73 Å². The largest absolute Gasteiger partial charge is 0.369 e. The molecule has 5 rings (SSSR count). The Morgan fingerprint density at radius 3 is 2.20 bits per heavy atom. The van der Waals surface area contributed by atoms with E-state index in [1.54, 1.807) is 13.0 Å². The highest BCUT2D eigenvalue weighted by Crippen LogP contribution is 2.75. The minimum atomic E-state index is -1.24. The monoisotopic (exact) mass is 479 g/mol. The molecule has 1 amide bonds. The molecule has 0 heterocycles. The van der Waals surface area contributed by atoms with Gasteiger partial charge in [-0.1, -0.05) is 52.3 Å². The van der Waals surface area contributed by atoms with Crippen LogP contribution in [0, 0.1) is 33.0 Å². The highest BCUT2D eigenvalue weighted by Gasteiger charge is 2.67. The second-order valence-electron chi connectivity index (χ2n) is 13.6. The summed E-state index contributed by atoms with van der Waals surface area (Å²) in [5, 5.41) is 0. The summed E-state index contributed by atoms with van der Waals surface area (Å²) in [6, 6.07) is 0. The third-order valence-corrected chi connectivity index (χ3v) is 12.1. The van der Waals surface area contributed by atoms with Crippen LogP contribution in [-0.4, -0.2) is 30.2 Å². The predicted octanol–water partition coefficient (Wildman–Crippen LogP) is 5.24. The van der Waals surface area contributed by atoms with Crippen molar-refractivity contribution in [3.05, 3.63) is 34.9 Å². The lowest BCUT2D eigenvalue weighted by molar-refractivity contribution is -0.168. The van der Waals surface area contributed by atoms with Gasteiger partial charge in [0.2, 0.25) is 17.5 Å². The van der Waals surface area contributed by atoms with Gasteiger partial charge in [0, 0.05) is 17.9 Å². The van der Waals surface area contributed by atoms with Gasteiger partial charge in [0.25, 0.3) is 0 Å². The molecule has 0 spiro atoms. The first-order valence-electron chi connectivity index (χ1n) is 13.2. The molecule has 5 heteroatoms. The highest BCUT2D eigenvalue weighted by atomic mass is 16.5. The molecule has 3 saturated carbocycles. The molecule has 0 aliphatic heterocycles. The summed E-state index contributed by atoms with van der Waals surface area (Å²) in [5.74, 6) is -0.745. The van der Waals surface area contributed by atoms with E-state index in [1.165, 1.54) is 12.7 Å². The first-order valence-corrected chi connectivity index (χ1v) is 13.2. The molecule has 0 saturated heterocycles. The van der Waals surface area contributed by atoms with Crippen molar-refractivity contribution in [1.29, 1.82) is 0 Å². The van der Waals surface area contributed by atoms with E-state index in [0.717, 1.165) is 56.1 Å². The van der Waals surface area contributed by atoms with Gasteiger partial charge in [-0.15, -0.1) is 0 Å². The van der Waals surface area contributed by atoms with E-state index in [9.17, 15) is 14.4 Å². The van der Waals surface area contributed by atoms with Crippen LogP contribution in [0.5, 0.6) is 0 Å². The van der Waals surface area contributed by atoms with Crippen LogP contribution in [0.15, 0.2) is 34.9 Å². The predicted molar refractivity (Wildman–Crippen MR) is 135 cm³/mol. The van der Waals surface area contributed by atoms with Crippen LogP contribution in [0.25, 0.3) is 0 Å². The number of allylic oxidation sites excluding steroid dienone is 4. The topological polar surface area (TPSA) is 86.5 Å². The summed E-state index contributed by atoms with van der Waals surface area (Å²) >= 11 is 0. The van der Waals surface area contributed by atoms with Gasteiger partial charge in [-0.25, -0.2) is 0 Å². The van der Waals surface area contributed by atoms with Gasteiger partial charge in [-0.3, -0.25) is 14.4 Å². The molecule has 2 N–H and O–H groups in total. The van der Waals surface area contributed by atoms with Crippen molar-refractivity contribution in [3.63, 3.8) is 0 Å². The number of hydrogen-bond acceptors (Lipinski definition) is 4. The summed E-state index contributed by atoms with van der Waals surface area (Å²) < 4.78 is 5.68. The van der Waals surface area contributed by atoms with Crippen LogP contribution in [0.1, 0.15) is 86.5 Å². The number of ketones is 2. The molecule has 0 radical (unpaired) electrons. The average molecular weight is 480 g/mol. The molecule has 5 nitrogen and oxygen atoms in total.